The Hall–Kier alpha value is -2.15. The summed E-state index contributed by atoms with van der Waals surface area (Å²) in [5.74, 6) is -0.534. The van der Waals surface area contributed by atoms with Gasteiger partial charge in [-0.3, -0.25) is 4.79 Å². The molecule has 0 aromatic heterocycles. The fourth-order valence-electron chi connectivity index (χ4n) is 3.41. The number of carbonyl (C=O) groups is 1. The van der Waals surface area contributed by atoms with Crippen molar-refractivity contribution in [2.75, 3.05) is 5.32 Å². The van der Waals surface area contributed by atoms with Crippen LogP contribution in [0.5, 0.6) is 5.75 Å². The molecule has 2 aromatic rings. The lowest BCUT2D eigenvalue weighted by Crippen LogP contribution is -2.19. The number of carbonyl (C=O) groups excluding carboxylic acids is 1. The van der Waals surface area contributed by atoms with Crippen LogP contribution in [0.25, 0.3) is 0 Å². The second-order valence-corrected chi connectivity index (χ2v) is 9.35. The van der Waals surface area contributed by atoms with E-state index >= 15 is 0 Å². The monoisotopic (exact) mass is 439 g/mol. The highest BCUT2D eigenvalue weighted by molar-refractivity contribution is 8.00. The second-order valence-electron chi connectivity index (χ2n) is 8.21. The molecule has 3 nitrogen and oxygen atoms in total. The van der Waals surface area contributed by atoms with Gasteiger partial charge in [0.05, 0.1) is 5.56 Å². The number of thioether (sulfide) groups is 1. The highest BCUT2D eigenvalue weighted by Crippen LogP contribution is 2.39. The van der Waals surface area contributed by atoms with Crippen molar-refractivity contribution in [3.8, 4) is 5.75 Å². The van der Waals surface area contributed by atoms with Crippen molar-refractivity contribution in [3.63, 3.8) is 0 Å². The number of aryl methyl sites for hydroxylation is 2. The summed E-state index contributed by atoms with van der Waals surface area (Å²) >= 11 is -0.184. The number of rotatable bonds is 5. The maximum absolute atomic E-state index is 13.1. The van der Waals surface area contributed by atoms with E-state index in [0.29, 0.717) is 35.2 Å². The van der Waals surface area contributed by atoms with Crippen LogP contribution < -0.4 is 5.32 Å². The van der Waals surface area contributed by atoms with Crippen molar-refractivity contribution in [1.82, 2.24) is 0 Å². The van der Waals surface area contributed by atoms with E-state index in [4.69, 9.17) is 0 Å². The molecule has 0 saturated carbocycles. The van der Waals surface area contributed by atoms with Crippen LogP contribution in [-0.2, 0) is 18.3 Å². The molecule has 164 valence electrons. The predicted octanol–water partition coefficient (Wildman–Crippen LogP) is 6.99. The number of alkyl halides is 3. The zero-order chi connectivity index (χ0) is 22.9. The van der Waals surface area contributed by atoms with Crippen molar-refractivity contribution >= 4 is 23.4 Å². The van der Waals surface area contributed by atoms with Crippen molar-refractivity contribution < 1.29 is 23.1 Å². The third kappa shape index (κ3) is 5.50. The molecule has 0 aliphatic carbocycles. The molecule has 2 aromatic carbocycles. The lowest BCUT2D eigenvalue weighted by molar-refractivity contribution is -0.0328. The summed E-state index contributed by atoms with van der Waals surface area (Å²) < 4.78 is 38.0. The Labute approximate surface area is 180 Å². The smallest absolute Gasteiger partial charge is 0.446 e. The molecular formula is C23H28F3NO2S. The number of halogens is 3. The first-order valence-electron chi connectivity index (χ1n) is 9.84. The number of phenolic OH excluding ortho intramolecular Hbond substituents is 1. The molecule has 0 heterocycles. The standard InChI is InChI=1S/C23H28F3NO2S/c1-7-14-12-17(22(4,5)6)20(28)19(13(14)3)21(29)27-18-10-9-16(11-15(18)8-2)30-23(24,25)26/h9-12,28H,7-8H2,1-6H3,(H,27,29). The number of benzene rings is 2. The average molecular weight is 440 g/mol. The number of amides is 1. The van der Waals surface area contributed by atoms with Crippen LogP contribution in [0.4, 0.5) is 18.9 Å². The summed E-state index contributed by atoms with van der Waals surface area (Å²) in [5, 5.41) is 13.7. The maximum atomic E-state index is 13.1. The topological polar surface area (TPSA) is 49.3 Å². The van der Waals surface area contributed by atoms with Crippen molar-refractivity contribution in [2.24, 2.45) is 0 Å². The van der Waals surface area contributed by atoms with Crippen LogP contribution in [0.1, 0.15) is 67.2 Å². The molecule has 0 fully saturated rings. The SMILES string of the molecule is CCc1cc(SC(F)(F)F)ccc1NC(=O)c1c(C)c(CC)cc(C(C)(C)C)c1O. The van der Waals surface area contributed by atoms with Gasteiger partial charge in [-0.1, -0.05) is 40.7 Å². The van der Waals surface area contributed by atoms with Gasteiger partial charge in [-0.05, 0) is 71.8 Å². The van der Waals surface area contributed by atoms with E-state index in [0.717, 1.165) is 5.56 Å². The zero-order valence-corrected chi connectivity index (χ0v) is 18.9. The minimum Gasteiger partial charge on any atom is -0.507 e. The van der Waals surface area contributed by atoms with E-state index in [1.165, 1.54) is 18.2 Å². The van der Waals surface area contributed by atoms with Gasteiger partial charge in [0.15, 0.2) is 0 Å². The number of aromatic hydroxyl groups is 1. The van der Waals surface area contributed by atoms with Gasteiger partial charge in [0.25, 0.3) is 5.91 Å². The number of anilines is 1. The number of hydrogen-bond acceptors (Lipinski definition) is 3. The number of nitrogens with one attached hydrogen (secondary N) is 1. The summed E-state index contributed by atoms with van der Waals surface area (Å²) in [6.45, 7) is 11.5. The first kappa shape index (κ1) is 24.1. The molecule has 0 saturated heterocycles. The minimum absolute atomic E-state index is 0.0583. The maximum Gasteiger partial charge on any atom is 0.446 e. The van der Waals surface area contributed by atoms with Crippen LogP contribution in [0.2, 0.25) is 0 Å². The summed E-state index contributed by atoms with van der Waals surface area (Å²) in [6, 6.07) is 6.18. The van der Waals surface area contributed by atoms with E-state index in [9.17, 15) is 23.1 Å². The molecule has 2 rings (SSSR count). The van der Waals surface area contributed by atoms with Crippen LogP contribution >= 0.6 is 11.8 Å². The Kier molecular flexibility index (Phi) is 7.17. The van der Waals surface area contributed by atoms with Crippen molar-refractivity contribution in [3.05, 3.63) is 52.1 Å². The van der Waals surface area contributed by atoms with Gasteiger partial charge in [0.1, 0.15) is 5.75 Å². The summed E-state index contributed by atoms with van der Waals surface area (Å²) in [5.41, 5.74) is -1.15. The third-order valence-corrected chi connectivity index (χ3v) is 5.74. The molecule has 7 heteroatoms. The first-order valence-corrected chi connectivity index (χ1v) is 10.7. The number of phenols is 1. The molecule has 30 heavy (non-hydrogen) atoms. The van der Waals surface area contributed by atoms with Gasteiger partial charge in [-0.2, -0.15) is 13.2 Å². The largest absolute Gasteiger partial charge is 0.507 e. The zero-order valence-electron chi connectivity index (χ0n) is 18.1. The van der Waals surface area contributed by atoms with Gasteiger partial charge < -0.3 is 10.4 Å². The Morgan fingerprint density at radius 1 is 1.07 bits per heavy atom. The Morgan fingerprint density at radius 2 is 1.67 bits per heavy atom. The lowest BCUT2D eigenvalue weighted by atomic mass is 9.82. The fourth-order valence-corrected chi connectivity index (χ4v) is 4.01. The molecule has 0 spiro atoms. The molecule has 0 unspecified atom stereocenters. The molecule has 2 N–H and O–H groups in total. The van der Waals surface area contributed by atoms with Crippen LogP contribution in [0.3, 0.4) is 0 Å². The lowest BCUT2D eigenvalue weighted by Gasteiger charge is -2.25. The third-order valence-electron chi connectivity index (χ3n) is 5.02. The molecule has 0 aliphatic rings. The second kappa shape index (κ2) is 8.92. The van der Waals surface area contributed by atoms with Gasteiger partial charge in [-0.15, -0.1) is 0 Å². The molecule has 0 atom stereocenters. The summed E-state index contributed by atoms with van der Waals surface area (Å²) in [6.07, 6.45) is 1.16. The van der Waals surface area contributed by atoms with E-state index in [1.54, 1.807) is 6.92 Å². The van der Waals surface area contributed by atoms with E-state index < -0.39 is 11.4 Å². The van der Waals surface area contributed by atoms with Crippen LogP contribution in [0, 0.1) is 6.92 Å². The van der Waals surface area contributed by atoms with E-state index in [-0.39, 0.29) is 33.4 Å². The predicted molar refractivity (Wildman–Crippen MR) is 117 cm³/mol. The molecule has 0 radical (unpaired) electrons. The Bertz CT molecular complexity index is 947. The van der Waals surface area contributed by atoms with Gasteiger partial charge in [0.2, 0.25) is 0 Å². The average Bonchev–Trinajstić information content (AvgIpc) is 2.60. The van der Waals surface area contributed by atoms with E-state index in [1.807, 2.05) is 40.7 Å². The summed E-state index contributed by atoms with van der Waals surface area (Å²) in [4.78, 5) is 13.2. The van der Waals surface area contributed by atoms with Crippen molar-refractivity contribution in [2.45, 2.75) is 70.2 Å². The fraction of sp³-hybridized carbons (Fsp3) is 0.435. The van der Waals surface area contributed by atoms with E-state index in [2.05, 4.69) is 5.32 Å². The van der Waals surface area contributed by atoms with Crippen molar-refractivity contribution in [1.29, 1.82) is 0 Å². The molecular weight excluding hydrogens is 411 g/mol. The van der Waals surface area contributed by atoms with Gasteiger partial charge >= 0.3 is 5.51 Å². The van der Waals surface area contributed by atoms with Crippen LogP contribution in [-0.4, -0.2) is 16.5 Å². The Morgan fingerprint density at radius 3 is 2.17 bits per heavy atom. The van der Waals surface area contributed by atoms with Gasteiger partial charge in [-0.25, -0.2) is 0 Å². The van der Waals surface area contributed by atoms with Gasteiger partial charge in [0, 0.05) is 16.1 Å². The normalized spacial score (nSPS) is 12.2. The number of hydrogen-bond donors (Lipinski definition) is 2. The highest BCUT2D eigenvalue weighted by Gasteiger charge is 2.30. The highest BCUT2D eigenvalue weighted by atomic mass is 32.2. The molecule has 0 aliphatic heterocycles. The molecule has 1 amide bonds. The Balaban J connectivity index is 2.48. The van der Waals surface area contributed by atoms with Crippen LogP contribution in [0.15, 0.2) is 29.2 Å². The first-order chi connectivity index (χ1) is 13.8. The summed E-state index contributed by atoms with van der Waals surface area (Å²) in [7, 11) is 0. The molecule has 0 bridgehead atoms. The quantitative estimate of drug-likeness (QED) is 0.494. The minimum atomic E-state index is -4.37.